The van der Waals surface area contributed by atoms with E-state index in [-0.39, 0.29) is 12.1 Å². The molecule has 1 aromatic carbocycles. The molecule has 7 nitrogen and oxygen atoms in total. The number of fused-ring (bicyclic) bond motifs is 1. The van der Waals surface area contributed by atoms with Crippen molar-refractivity contribution in [3.8, 4) is 0 Å². The molecule has 2 heterocycles. The Balaban J connectivity index is 2.00. The molecule has 10 heteroatoms. The van der Waals surface area contributed by atoms with Gasteiger partial charge in [0.15, 0.2) is 17.5 Å². The van der Waals surface area contributed by atoms with Gasteiger partial charge in [0.1, 0.15) is 12.1 Å². The van der Waals surface area contributed by atoms with Gasteiger partial charge in [-0.15, -0.1) is 0 Å². The van der Waals surface area contributed by atoms with Crippen molar-refractivity contribution in [2.75, 3.05) is 13.7 Å². The van der Waals surface area contributed by atoms with Gasteiger partial charge in [0, 0.05) is 24.2 Å². The average Bonchev–Trinajstić information content (AvgIpc) is 3.13. The summed E-state index contributed by atoms with van der Waals surface area (Å²) in [7, 11) is 1.18. The Labute approximate surface area is 152 Å². The van der Waals surface area contributed by atoms with E-state index in [4.69, 9.17) is 0 Å². The SMILES string of the molecule is COC(=O)C(C)NC(=O)N1CCc2[nH]cnc2C1c1ccc(F)c(F)c1F. The molecule has 1 aliphatic heterocycles. The highest BCUT2D eigenvalue weighted by atomic mass is 19.2. The zero-order chi connectivity index (χ0) is 19.7. The fourth-order valence-corrected chi connectivity index (χ4v) is 3.07. The summed E-state index contributed by atoms with van der Waals surface area (Å²) in [6.07, 6.45) is 1.78. The van der Waals surface area contributed by atoms with Crippen LogP contribution in [0.1, 0.15) is 29.9 Å². The Morgan fingerprint density at radius 2 is 2.07 bits per heavy atom. The van der Waals surface area contributed by atoms with Crippen LogP contribution in [-0.2, 0) is 16.0 Å². The molecular weight excluding hydrogens is 365 g/mol. The third-order valence-electron chi connectivity index (χ3n) is 4.44. The number of ether oxygens (including phenoxy) is 1. The second kappa shape index (κ2) is 7.29. The predicted molar refractivity (Wildman–Crippen MR) is 87.2 cm³/mol. The molecule has 0 fully saturated rings. The number of benzene rings is 1. The summed E-state index contributed by atoms with van der Waals surface area (Å²) in [5, 5.41) is 2.45. The molecule has 27 heavy (non-hydrogen) atoms. The number of carbonyl (C=O) groups is 2. The first kappa shape index (κ1) is 18.7. The lowest BCUT2D eigenvalue weighted by Crippen LogP contribution is -2.50. The fraction of sp³-hybridized carbons (Fsp3) is 0.353. The van der Waals surface area contributed by atoms with Gasteiger partial charge in [0.05, 0.1) is 19.1 Å². The number of aromatic amines is 1. The lowest BCUT2D eigenvalue weighted by atomic mass is 9.95. The van der Waals surface area contributed by atoms with Gasteiger partial charge in [0.25, 0.3) is 0 Å². The smallest absolute Gasteiger partial charge is 0.328 e. The van der Waals surface area contributed by atoms with Crippen molar-refractivity contribution < 1.29 is 27.5 Å². The van der Waals surface area contributed by atoms with Gasteiger partial charge in [-0.2, -0.15) is 0 Å². The number of hydrogen-bond acceptors (Lipinski definition) is 4. The second-order valence-corrected chi connectivity index (χ2v) is 6.07. The van der Waals surface area contributed by atoms with Gasteiger partial charge in [-0.05, 0) is 13.0 Å². The first-order valence-electron chi connectivity index (χ1n) is 8.15. The number of aromatic nitrogens is 2. The van der Waals surface area contributed by atoms with Crippen LogP contribution in [0.15, 0.2) is 18.5 Å². The highest BCUT2D eigenvalue weighted by Crippen LogP contribution is 2.35. The molecule has 2 unspecified atom stereocenters. The number of amides is 2. The molecule has 3 rings (SSSR count). The molecular formula is C17H17F3N4O3. The maximum absolute atomic E-state index is 14.4. The highest BCUT2D eigenvalue weighted by molar-refractivity contribution is 5.83. The van der Waals surface area contributed by atoms with E-state index in [0.717, 1.165) is 12.1 Å². The Kier molecular flexibility index (Phi) is 5.06. The van der Waals surface area contributed by atoms with Crippen LogP contribution in [0, 0.1) is 17.5 Å². The summed E-state index contributed by atoms with van der Waals surface area (Å²) < 4.78 is 46.1. The summed E-state index contributed by atoms with van der Waals surface area (Å²) >= 11 is 0. The molecule has 0 saturated heterocycles. The van der Waals surface area contributed by atoms with Crippen LogP contribution < -0.4 is 5.32 Å². The lowest BCUT2D eigenvalue weighted by molar-refractivity contribution is -0.142. The number of rotatable bonds is 3. The number of carbonyl (C=O) groups excluding carboxylic acids is 2. The summed E-state index contributed by atoms with van der Waals surface area (Å²) in [5.41, 5.74) is 0.754. The van der Waals surface area contributed by atoms with Crippen LogP contribution in [0.5, 0.6) is 0 Å². The van der Waals surface area contributed by atoms with Crippen molar-refractivity contribution in [1.29, 1.82) is 0 Å². The Morgan fingerprint density at radius 3 is 2.78 bits per heavy atom. The molecule has 0 aliphatic carbocycles. The molecule has 1 aromatic heterocycles. The van der Waals surface area contributed by atoms with E-state index >= 15 is 0 Å². The number of nitrogens with zero attached hydrogens (tertiary/aromatic N) is 2. The van der Waals surface area contributed by atoms with Crippen molar-refractivity contribution in [3.63, 3.8) is 0 Å². The van der Waals surface area contributed by atoms with Gasteiger partial charge < -0.3 is 19.9 Å². The normalized spacial score (nSPS) is 17.2. The van der Waals surface area contributed by atoms with Crippen LogP contribution in [0.2, 0.25) is 0 Å². The first-order chi connectivity index (χ1) is 12.8. The van der Waals surface area contributed by atoms with Crippen LogP contribution >= 0.6 is 0 Å². The van der Waals surface area contributed by atoms with E-state index in [1.54, 1.807) is 0 Å². The Bertz CT molecular complexity index is 886. The molecule has 2 amide bonds. The van der Waals surface area contributed by atoms with Gasteiger partial charge in [-0.1, -0.05) is 6.07 Å². The summed E-state index contributed by atoms with van der Waals surface area (Å²) in [6, 6.07) is -0.845. The molecule has 2 N–H and O–H groups in total. The number of H-pyrrole nitrogens is 1. The van der Waals surface area contributed by atoms with Crippen molar-refractivity contribution in [2.45, 2.75) is 25.4 Å². The minimum atomic E-state index is -1.63. The van der Waals surface area contributed by atoms with Crippen molar-refractivity contribution >= 4 is 12.0 Å². The van der Waals surface area contributed by atoms with Gasteiger partial charge in [0.2, 0.25) is 0 Å². The van der Waals surface area contributed by atoms with E-state index in [0.29, 0.717) is 17.8 Å². The van der Waals surface area contributed by atoms with Gasteiger partial charge >= 0.3 is 12.0 Å². The van der Waals surface area contributed by atoms with Crippen LogP contribution in [0.4, 0.5) is 18.0 Å². The number of hydrogen-bond donors (Lipinski definition) is 2. The Hall–Kier alpha value is -3.04. The number of imidazole rings is 1. The van der Waals surface area contributed by atoms with Crippen LogP contribution in [0.25, 0.3) is 0 Å². The quantitative estimate of drug-likeness (QED) is 0.628. The Morgan fingerprint density at radius 1 is 1.33 bits per heavy atom. The third-order valence-corrected chi connectivity index (χ3v) is 4.44. The maximum atomic E-state index is 14.4. The molecule has 144 valence electrons. The van der Waals surface area contributed by atoms with Gasteiger partial charge in [-0.25, -0.2) is 27.7 Å². The van der Waals surface area contributed by atoms with Crippen molar-refractivity contribution in [3.05, 3.63) is 52.9 Å². The highest BCUT2D eigenvalue weighted by Gasteiger charge is 2.37. The number of methoxy groups -OCH3 is 1. The second-order valence-electron chi connectivity index (χ2n) is 6.07. The standard InChI is InChI=1S/C17H17F3N4O3/c1-8(16(25)27-2)23-17(26)24-6-5-11-14(22-7-21-11)15(24)9-3-4-10(18)13(20)12(9)19/h3-4,7-8,15H,5-6H2,1-2H3,(H,21,22)(H,23,26). The molecule has 0 radical (unpaired) electrons. The van der Waals surface area contributed by atoms with E-state index in [1.807, 2.05) is 0 Å². The van der Waals surface area contributed by atoms with E-state index in [2.05, 4.69) is 20.0 Å². The summed E-state index contributed by atoms with van der Waals surface area (Å²) in [4.78, 5) is 32.5. The molecule has 0 spiro atoms. The average molecular weight is 382 g/mol. The predicted octanol–water partition coefficient (Wildman–Crippen LogP) is 2.05. The fourth-order valence-electron chi connectivity index (χ4n) is 3.07. The molecule has 2 atom stereocenters. The van der Waals surface area contributed by atoms with Crippen molar-refractivity contribution in [1.82, 2.24) is 20.2 Å². The molecule has 0 saturated carbocycles. The zero-order valence-corrected chi connectivity index (χ0v) is 14.6. The third kappa shape index (κ3) is 3.34. The van der Waals surface area contributed by atoms with E-state index in [9.17, 15) is 22.8 Å². The molecule has 2 aromatic rings. The number of halogens is 3. The molecule has 0 bridgehead atoms. The summed E-state index contributed by atoms with van der Waals surface area (Å²) in [5.74, 6) is -5.01. The minimum Gasteiger partial charge on any atom is -0.467 e. The number of urea groups is 1. The first-order valence-corrected chi connectivity index (χ1v) is 8.15. The monoisotopic (exact) mass is 382 g/mol. The summed E-state index contributed by atoms with van der Waals surface area (Å²) in [6.45, 7) is 1.58. The minimum absolute atomic E-state index is 0.151. The van der Waals surface area contributed by atoms with E-state index in [1.165, 1.54) is 25.3 Å². The molecule has 1 aliphatic rings. The number of esters is 1. The van der Waals surface area contributed by atoms with Crippen molar-refractivity contribution in [2.24, 2.45) is 0 Å². The largest absolute Gasteiger partial charge is 0.467 e. The van der Waals surface area contributed by atoms with Gasteiger partial charge in [-0.3, -0.25) is 0 Å². The zero-order valence-electron chi connectivity index (χ0n) is 14.6. The van der Waals surface area contributed by atoms with Crippen LogP contribution in [0.3, 0.4) is 0 Å². The maximum Gasteiger partial charge on any atom is 0.328 e. The topological polar surface area (TPSA) is 87.3 Å². The number of nitrogens with one attached hydrogen (secondary N) is 2. The lowest BCUT2D eigenvalue weighted by Gasteiger charge is -2.35. The van der Waals surface area contributed by atoms with E-state index < -0.39 is 41.5 Å². The van der Waals surface area contributed by atoms with Crippen LogP contribution in [-0.4, -0.2) is 46.6 Å².